The molecule has 14 heavy (non-hydrogen) atoms. The molecule has 1 saturated carbocycles. The lowest BCUT2D eigenvalue weighted by Crippen LogP contribution is -2.43. The number of hydrogen-bond acceptors (Lipinski definition) is 2. The molecule has 2 nitrogen and oxygen atoms in total. The van der Waals surface area contributed by atoms with Crippen molar-refractivity contribution in [2.75, 3.05) is 0 Å². The molecule has 0 aromatic carbocycles. The number of halogens is 1. The zero-order valence-corrected chi connectivity index (χ0v) is 8.99. The third-order valence-electron chi connectivity index (χ3n) is 2.33. The van der Waals surface area contributed by atoms with Gasteiger partial charge in [0.15, 0.2) is 16.4 Å². The largest absolute Gasteiger partial charge is 0.297 e. The number of hydrogen-bond donors (Lipinski definition) is 0. The molecule has 0 spiro atoms. The van der Waals surface area contributed by atoms with Crippen LogP contribution in [0.1, 0.15) is 39.0 Å². The van der Waals surface area contributed by atoms with Crippen LogP contribution in [0.15, 0.2) is 0 Å². The van der Waals surface area contributed by atoms with E-state index in [1.54, 1.807) is 0 Å². The summed E-state index contributed by atoms with van der Waals surface area (Å²) < 4.78 is 0. The van der Waals surface area contributed by atoms with E-state index in [2.05, 4.69) is 11.8 Å². The minimum Gasteiger partial charge on any atom is -0.297 e. The lowest BCUT2D eigenvalue weighted by molar-refractivity contribution is -0.133. The van der Waals surface area contributed by atoms with Crippen molar-refractivity contribution >= 4 is 23.2 Å². The predicted octanol–water partition coefficient (Wildman–Crippen LogP) is 2.09. The fourth-order valence-electron chi connectivity index (χ4n) is 1.47. The predicted molar refractivity (Wildman–Crippen MR) is 55.1 cm³/mol. The Balaban J connectivity index is 2.77. The molecule has 1 rings (SSSR count). The molecule has 0 N–H and O–H groups in total. The van der Waals surface area contributed by atoms with Crippen LogP contribution in [0.25, 0.3) is 0 Å². The summed E-state index contributed by atoms with van der Waals surface area (Å²) in [6, 6.07) is 0. The quantitative estimate of drug-likeness (QED) is 0.379. The second kappa shape index (κ2) is 4.61. The molecule has 0 radical (unpaired) electrons. The number of rotatable bonds is 1. The van der Waals surface area contributed by atoms with Crippen molar-refractivity contribution in [3.63, 3.8) is 0 Å². The van der Waals surface area contributed by atoms with Gasteiger partial charge in [-0.05, 0) is 6.42 Å². The van der Waals surface area contributed by atoms with Crippen molar-refractivity contribution in [1.29, 1.82) is 0 Å². The first-order valence-electron chi connectivity index (χ1n) is 4.82. The Kier molecular flexibility index (Phi) is 3.71. The van der Waals surface area contributed by atoms with E-state index in [-0.39, 0.29) is 18.0 Å². The van der Waals surface area contributed by atoms with Crippen molar-refractivity contribution < 1.29 is 9.59 Å². The lowest BCUT2D eigenvalue weighted by atomic mass is 9.84. The molecule has 0 amide bonds. The summed E-state index contributed by atoms with van der Waals surface area (Å²) in [4.78, 5) is 21.7. The lowest BCUT2D eigenvalue weighted by Gasteiger charge is -2.25. The van der Waals surface area contributed by atoms with Crippen LogP contribution in [0, 0.1) is 11.8 Å². The van der Waals surface area contributed by atoms with Gasteiger partial charge in [-0.1, -0.05) is 6.92 Å². The second-order valence-corrected chi connectivity index (χ2v) is 4.03. The van der Waals surface area contributed by atoms with Gasteiger partial charge in [0.2, 0.25) is 0 Å². The fourth-order valence-corrected chi connectivity index (χ4v) is 1.72. The average Bonchev–Trinajstić information content (AvgIpc) is 2.15. The van der Waals surface area contributed by atoms with Crippen LogP contribution in [-0.4, -0.2) is 16.4 Å². The van der Waals surface area contributed by atoms with Gasteiger partial charge >= 0.3 is 0 Å². The van der Waals surface area contributed by atoms with Gasteiger partial charge in [0.05, 0.1) is 0 Å². The molecule has 0 aromatic rings. The molecule has 1 aliphatic carbocycles. The smallest absolute Gasteiger partial charge is 0.171 e. The summed E-state index contributed by atoms with van der Waals surface area (Å²) in [6.45, 7) is 1.92. The molecule has 0 unspecified atom stereocenters. The maximum atomic E-state index is 11.5. The standard InChI is InChI=1S/C11H13ClO2/c1-2-3-4-8-11(12)9(13)6-5-7-10(11)14/h2,5-8H2,1H3. The molecular formula is C11H13ClO2. The van der Waals surface area contributed by atoms with Crippen LogP contribution in [0.4, 0.5) is 0 Å². The summed E-state index contributed by atoms with van der Waals surface area (Å²) in [6.07, 6.45) is 2.33. The van der Waals surface area contributed by atoms with E-state index in [0.29, 0.717) is 19.3 Å². The van der Waals surface area contributed by atoms with E-state index >= 15 is 0 Å². The van der Waals surface area contributed by atoms with E-state index in [1.807, 2.05) is 6.92 Å². The third kappa shape index (κ3) is 2.16. The van der Waals surface area contributed by atoms with Crippen molar-refractivity contribution in [2.24, 2.45) is 0 Å². The van der Waals surface area contributed by atoms with Gasteiger partial charge in [-0.2, -0.15) is 0 Å². The molecule has 0 saturated heterocycles. The van der Waals surface area contributed by atoms with Gasteiger partial charge in [-0.25, -0.2) is 0 Å². The number of alkyl halides is 1. The maximum absolute atomic E-state index is 11.5. The fraction of sp³-hybridized carbons (Fsp3) is 0.636. The van der Waals surface area contributed by atoms with Gasteiger partial charge in [0.1, 0.15) is 0 Å². The van der Waals surface area contributed by atoms with Crippen molar-refractivity contribution in [3.05, 3.63) is 0 Å². The number of Topliss-reactive ketones (excluding diaryl/α,β-unsaturated/α-hetero) is 2. The second-order valence-electron chi connectivity index (χ2n) is 3.38. The van der Waals surface area contributed by atoms with Crippen LogP contribution in [0.5, 0.6) is 0 Å². The highest BCUT2D eigenvalue weighted by molar-refractivity contribution is 6.47. The van der Waals surface area contributed by atoms with Crippen LogP contribution in [0.3, 0.4) is 0 Å². The molecule has 76 valence electrons. The Labute approximate surface area is 89.0 Å². The Morgan fingerprint density at radius 1 is 1.29 bits per heavy atom. The van der Waals surface area contributed by atoms with E-state index in [1.165, 1.54) is 0 Å². The topological polar surface area (TPSA) is 34.1 Å². The zero-order chi connectivity index (χ0) is 10.6. The SMILES string of the molecule is CCC#CCC1(Cl)C(=O)CCCC1=O. The van der Waals surface area contributed by atoms with Gasteiger partial charge in [0, 0.05) is 25.7 Å². The first-order valence-corrected chi connectivity index (χ1v) is 5.20. The van der Waals surface area contributed by atoms with Gasteiger partial charge < -0.3 is 0 Å². The molecule has 3 heteroatoms. The van der Waals surface area contributed by atoms with Gasteiger partial charge in [-0.15, -0.1) is 23.4 Å². The highest BCUT2D eigenvalue weighted by Crippen LogP contribution is 2.30. The highest BCUT2D eigenvalue weighted by Gasteiger charge is 2.44. The number of carbonyl (C=O) groups is 2. The minimum absolute atomic E-state index is 0.166. The highest BCUT2D eigenvalue weighted by atomic mass is 35.5. The third-order valence-corrected chi connectivity index (χ3v) is 2.88. The van der Waals surface area contributed by atoms with Crippen LogP contribution >= 0.6 is 11.6 Å². The molecule has 0 aliphatic heterocycles. The minimum atomic E-state index is -1.33. The molecule has 0 heterocycles. The Morgan fingerprint density at radius 2 is 1.86 bits per heavy atom. The normalized spacial score (nSPS) is 20.1. The summed E-state index contributed by atoms with van der Waals surface area (Å²) >= 11 is 6.01. The summed E-state index contributed by atoms with van der Waals surface area (Å²) in [5.74, 6) is 5.27. The zero-order valence-electron chi connectivity index (χ0n) is 8.23. The van der Waals surface area contributed by atoms with E-state index in [0.717, 1.165) is 6.42 Å². The molecular weight excluding hydrogens is 200 g/mol. The van der Waals surface area contributed by atoms with Crippen molar-refractivity contribution in [1.82, 2.24) is 0 Å². The summed E-state index contributed by atoms with van der Waals surface area (Å²) in [7, 11) is 0. The number of ketones is 2. The Morgan fingerprint density at radius 3 is 2.36 bits per heavy atom. The Hall–Kier alpha value is -0.810. The maximum Gasteiger partial charge on any atom is 0.171 e. The average molecular weight is 213 g/mol. The number of carbonyl (C=O) groups excluding carboxylic acids is 2. The molecule has 1 aliphatic rings. The molecule has 0 aromatic heterocycles. The van der Waals surface area contributed by atoms with Crippen LogP contribution in [-0.2, 0) is 9.59 Å². The van der Waals surface area contributed by atoms with Gasteiger partial charge in [-0.3, -0.25) is 9.59 Å². The Bertz CT molecular complexity index is 293. The van der Waals surface area contributed by atoms with E-state index in [9.17, 15) is 9.59 Å². The molecule has 0 bridgehead atoms. The summed E-state index contributed by atoms with van der Waals surface area (Å²) in [5.41, 5.74) is 0. The van der Waals surface area contributed by atoms with Gasteiger partial charge in [0.25, 0.3) is 0 Å². The van der Waals surface area contributed by atoms with Crippen molar-refractivity contribution in [2.45, 2.75) is 43.9 Å². The van der Waals surface area contributed by atoms with E-state index in [4.69, 9.17) is 11.6 Å². The first kappa shape index (κ1) is 11.3. The molecule has 0 atom stereocenters. The monoisotopic (exact) mass is 212 g/mol. The summed E-state index contributed by atoms with van der Waals surface area (Å²) in [5, 5.41) is 0. The van der Waals surface area contributed by atoms with Crippen LogP contribution in [0.2, 0.25) is 0 Å². The van der Waals surface area contributed by atoms with Crippen LogP contribution < -0.4 is 0 Å². The van der Waals surface area contributed by atoms with E-state index < -0.39 is 4.87 Å². The molecule has 1 fully saturated rings. The first-order chi connectivity index (χ1) is 6.61. The van der Waals surface area contributed by atoms with Crippen molar-refractivity contribution in [3.8, 4) is 11.8 Å².